The Morgan fingerprint density at radius 3 is 2.80 bits per heavy atom. The first-order valence-corrected chi connectivity index (χ1v) is 14.6. The number of likely N-dealkylation sites (N-methyl/N-ethyl adjacent to an activating group) is 1. The fourth-order valence-corrected chi connectivity index (χ4v) is 6.14. The van der Waals surface area contributed by atoms with Crippen LogP contribution >= 0.6 is 22.9 Å². The van der Waals surface area contributed by atoms with E-state index in [1.54, 1.807) is 38.2 Å². The minimum Gasteiger partial charge on any atom is -0.491 e. The molecule has 0 saturated heterocycles. The number of aromatic carboxylic acids is 1. The second-order valence-electron chi connectivity index (χ2n) is 9.95. The third kappa shape index (κ3) is 6.23. The molecule has 14 heteroatoms. The number of aryl methyl sites for hydroxylation is 1. The Hall–Kier alpha value is -4.51. The number of alkyl halides is 2. The predicted molar refractivity (Wildman–Crippen MR) is 163 cm³/mol. The van der Waals surface area contributed by atoms with E-state index in [0.717, 1.165) is 0 Å². The SMILES string of the molecule is Cc1nc2cnc(CCN(C)CC(F)F)c(C#N)c2c(=O)n1CCOc1ccc(Cl)cc1-c1ccnc2c(C(=O)O)csc12. The average molecular weight is 639 g/mol. The number of carbonyl (C=O) groups is 1. The highest BCUT2D eigenvalue weighted by atomic mass is 35.5. The monoisotopic (exact) mass is 638 g/mol. The number of rotatable bonds is 11. The highest BCUT2D eigenvalue weighted by Gasteiger charge is 2.20. The van der Waals surface area contributed by atoms with Gasteiger partial charge < -0.3 is 14.7 Å². The van der Waals surface area contributed by atoms with Gasteiger partial charge in [-0.3, -0.25) is 19.3 Å². The molecule has 5 rings (SSSR count). The van der Waals surface area contributed by atoms with Gasteiger partial charge in [0.25, 0.3) is 12.0 Å². The molecule has 0 aliphatic rings. The minimum absolute atomic E-state index is 0.0554. The molecule has 4 aromatic heterocycles. The molecule has 5 aromatic rings. The number of nitriles is 1. The van der Waals surface area contributed by atoms with Crippen molar-refractivity contribution in [1.82, 2.24) is 24.4 Å². The zero-order valence-corrected chi connectivity index (χ0v) is 25.1. The lowest BCUT2D eigenvalue weighted by Crippen LogP contribution is -2.29. The van der Waals surface area contributed by atoms with Crippen LogP contribution in [-0.4, -0.2) is 68.7 Å². The first kappa shape index (κ1) is 30.9. The lowest BCUT2D eigenvalue weighted by Gasteiger charge is -2.17. The van der Waals surface area contributed by atoms with Crippen LogP contribution in [0.5, 0.6) is 5.75 Å². The molecular formula is C30H25ClF2N6O4S. The second-order valence-corrected chi connectivity index (χ2v) is 11.3. The molecular weight excluding hydrogens is 614 g/mol. The van der Waals surface area contributed by atoms with Crippen molar-refractivity contribution in [3.63, 3.8) is 0 Å². The number of ether oxygens (including phenoxy) is 1. The van der Waals surface area contributed by atoms with Gasteiger partial charge in [-0.1, -0.05) is 11.6 Å². The van der Waals surface area contributed by atoms with E-state index >= 15 is 0 Å². The van der Waals surface area contributed by atoms with Crippen molar-refractivity contribution in [3.05, 3.63) is 80.1 Å². The summed E-state index contributed by atoms with van der Waals surface area (Å²) in [4.78, 5) is 39.8. The first-order chi connectivity index (χ1) is 21.1. The van der Waals surface area contributed by atoms with E-state index in [-0.39, 0.29) is 48.1 Å². The average Bonchev–Trinajstić information content (AvgIpc) is 3.42. The summed E-state index contributed by atoms with van der Waals surface area (Å²) in [5.74, 6) is -0.216. The van der Waals surface area contributed by atoms with Gasteiger partial charge in [0.1, 0.15) is 24.3 Å². The van der Waals surface area contributed by atoms with Crippen LogP contribution in [0.3, 0.4) is 0 Å². The van der Waals surface area contributed by atoms with E-state index in [9.17, 15) is 28.7 Å². The highest BCUT2D eigenvalue weighted by molar-refractivity contribution is 7.18. The summed E-state index contributed by atoms with van der Waals surface area (Å²) in [5, 5.41) is 21.6. The highest BCUT2D eigenvalue weighted by Crippen LogP contribution is 2.39. The molecule has 0 aliphatic carbocycles. The van der Waals surface area contributed by atoms with Gasteiger partial charge in [-0.2, -0.15) is 5.26 Å². The molecule has 4 heterocycles. The summed E-state index contributed by atoms with van der Waals surface area (Å²) in [5.41, 5.74) is 2.02. The van der Waals surface area contributed by atoms with Crippen LogP contribution in [-0.2, 0) is 13.0 Å². The smallest absolute Gasteiger partial charge is 0.338 e. The van der Waals surface area contributed by atoms with Crippen molar-refractivity contribution in [1.29, 1.82) is 5.26 Å². The van der Waals surface area contributed by atoms with Gasteiger partial charge in [0.05, 0.1) is 57.2 Å². The lowest BCUT2D eigenvalue weighted by atomic mass is 10.0. The number of pyridine rings is 2. The number of thiophene rings is 1. The summed E-state index contributed by atoms with van der Waals surface area (Å²) in [6.45, 7) is 1.64. The maximum atomic E-state index is 13.7. The molecule has 0 spiro atoms. The van der Waals surface area contributed by atoms with Gasteiger partial charge in [-0.05, 0) is 38.2 Å². The Balaban J connectivity index is 1.43. The van der Waals surface area contributed by atoms with E-state index in [0.29, 0.717) is 43.6 Å². The molecule has 226 valence electrons. The molecule has 0 fully saturated rings. The Morgan fingerprint density at radius 1 is 1.27 bits per heavy atom. The zero-order chi connectivity index (χ0) is 31.5. The topological polar surface area (TPSA) is 134 Å². The number of carboxylic acids is 1. The van der Waals surface area contributed by atoms with Gasteiger partial charge in [0.15, 0.2) is 0 Å². The number of nitrogens with zero attached hydrogens (tertiary/aromatic N) is 6. The van der Waals surface area contributed by atoms with Crippen LogP contribution < -0.4 is 10.3 Å². The van der Waals surface area contributed by atoms with Gasteiger partial charge in [0, 0.05) is 40.7 Å². The number of carboxylic acid groups (broad SMARTS) is 1. The van der Waals surface area contributed by atoms with Crippen LogP contribution in [0.2, 0.25) is 5.02 Å². The van der Waals surface area contributed by atoms with Crippen LogP contribution in [0.4, 0.5) is 8.78 Å². The van der Waals surface area contributed by atoms with E-state index in [4.69, 9.17) is 16.3 Å². The van der Waals surface area contributed by atoms with Gasteiger partial charge >= 0.3 is 5.97 Å². The fourth-order valence-electron chi connectivity index (χ4n) is 4.94. The number of halogens is 3. The Kier molecular flexibility index (Phi) is 9.14. The summed E-state index contributed by atoms with van der Waals surface area (Å²) in [6.07, 6.45) is 0.664. The third-order valence-corrected chi connectivity index (χ3v) is 8.29. The molecule has 10 nitrogen and oxygen atoms in total. The van der Waals surface area contributed by atoms with Crippen molar-refractivity contribution < 1.29 is 23.4 Å². The molecule has 1 aromatic carbocycles. The summed E-state index contributed by atoms with van der Waals surface area (Å²) < 4.78 is 33.7. The number of hydrogen-bond donors (Lipinski definition) is 1. The second kappa shape index (κ2) is 13.0. The standard InChI is InChI=1S/C30H25ClF2N6O4S/c1-16-37-23-13-36-22(6-8-38(2)14-25(32)33)20(12-34)26(23)29(40)39(16)9-10-43-24-4-3-17(31)11-19(24)18-5-7-35-27-21(30(41)42)15-44-28(18)27/h3-5,7,11,13,15,25H,6,8-10,14H2,1-2H3,(H,41,42). The molecule has 0 unspecified atom stereocenters. The van der Waals surface area contributed by atoms with Crippen LogP contribution in [0, 0.1) is 18.3 Å². The van der Waals surface area contributed by atoms with Gasteiger partial charge in [-0.15, -0.1) is 11.3 Å². The van der Waals surface area contributed by atoms with Crippen molar-refractivity contribution in [2.75, 3.05) is 26.7 Å². The summed E-state index contributed by atoms with van der Waals surface area (Å²) in [7, 11) is 1.55. The van der Waals surface area contributed by atoms with E-state index in [2.05, 4.69) is 21.0 Å². The van der Waals surface area contributed by atoms with Crippen molar-refractivity contribution in [2.24, 2.45) is 0 Å². The largest absolute Gasteiger partial charge is 0.491 e. The molecule has 0 atom stereocenters. The molecule has 1 N–H and O–H groups in total. The Labute approximate surface area is 258 Å². The number of hydrogen-bond acceptors (Lipinski definition) is 9. The van der Waals surface area contributed by atoms with Crippen molar-refractivity contribution >= 4 is 50.0 Å². The van der Waals surface area contributed by atoms with E-state index < -0.39 is 24.5 Å². The van der Waals surface area contributed by atoms with Crippen LogP contribution in [0.25, 0.3) is 32.2 Å². The quantitative estimate of drug-likeness (QED) is 0.201. The maximum absolute atomic E-state index is 13.7. The molecule has 0 aliphatic heterocycles. The predicted octanol–water partition coefficient (Wildman–Crippen LogP) is 5.42. The normalized spacial score (nSPS) is 11.5. The number of aromatic nitrogens is 4. The Bertz CT molecular complexity index is 1990. The van der Waals surface area contributed by atoms with Crippen molar-refractivity contribution in [2.45, 2.75) is 26.3 Å². The zero-order valence-electron chi connectivity index (χ0n) is 23.6. The Morgan fingerprint density at radius 2 is 2.07 bits per heavy atom. The maximum Gasteiger partial charge on any atom is 0.338 e. The third-order valence-electron chi connectivity index (χ3n) is 7.05. The first-order valence-electron chi connectivity index (χ1n) is 13.4. The summed E-state index contributed by atoms with van der Waals surface area (Å²) >= 11 is 7.57. The number of fused-ring (bicyclic) bond motifs is 2. The molecule has 0 radical (unpaired) electrons. The molecule has 44 heavy (non-hydrogen) atoms. The fraction of sp³-hybridized carbons (Fsp3) is 0.267. The molecule has 0 saturated carbocycles. The van der Waals surface area contributed by atoms with Crippen molar-refractivity contribution in [3.8, 4) is 22.9 Å². The van der Waals surface area contributed by atoms with E-state index in [1.807, 2.05) is 0 Å². The van der Waals surface area contributed by atoms with Crippen LogP contribution in [0.1, 0.15) is 27.4 Å². The van der Waals surface area contributed by atoms with E-state index in [1.165, 1.54) is 38.6 Å². The van der Waals surface area contributed by atoms with Gasteiger partial charge in [0.2, 0.25) is 0 Å². The molecule has 0 amide bonds. The number of benzene rings is 1. The lowest BCUT2D eigenvalue weighted by molar-refractivity contribution is 0.0699. The molecule has 0 bridgehead atoms. The minimum atomic E-state index is -2.49. The summed E-state index contributed by atoms with van der Waals surface area (Å²) in [6, 6.07) is 8.89. The van der Waals surface area contributed by atoms with Crippen LogP contribution in [0.15, 0.2) is 46.8 Å². The van der Waals surface area contributed by atoms with Gasteiger partial charge in [-0.25, -0.2) is 18.6 Å².